The number of rotatable bonds is 3. The number of amides is 2. The van der Waals surface area contributed by atoms with Gasteiger partial charge in [-0.25, -0.2) is 14.2 Å². The highest BCUT2D eigenvalue weighted by atomic mass is 35.5. The number of carbonyl (C=O) groups excluding carboxylic acids is 1. The summed E-state index contributed by atoms with van der Waals surface area (Å²) >= 11 is 5.74. The molecule has 1 atom stereocenters. The van der Waals surface area contributed by atoms with E-state index in [1.807, 2.05) is 30.3 Å². The Kier molecular flexibility index (Phi) is 4.51. The van der Waals surface area contributed by atoms with Crippen molar-refractivity contribution in [2.75, 3.05) is 13.1 Å². The fraction of sp³-hybridized carbons (Fsp3) is 0.263. The third kappa shape index (κ3) is 3.24. The number of likely N-dealkylation sites (tertiary alicyclic amines) is 1. The molecule has 1 fully saturated rings. The maximum absolute atomic E-state index is 13.8. The molecule has 2 aromatic rings. The molecular weight excluding hydrogens is 357 g/mol. The molecule has 134 valence electrons. The molecule has 2 aromatic carbocycles. The van der Waals surface area contributed by atoms with Gasteiger partial charge in [0.2, 0.25) is 0 Å². The molecule has 1 saturated heterocycles. The first kappa shape index (κ1) is 16.8. The van der Waals surface area contributed by atoms with Crippen LogP contribution < -0.4 is 4.74 Å². The topological polar surface area (TPSA) is 45.1 Å². The van der Waals surface area contributed by atoms with Gasteiger partial charge in [0.05, 0.1) is 19.1 Å². The number of hydrogen-bond donors (Lipinski definition) is 0. The molecule has 0 bridgehead atoms. The van der Waals surface area contributed by atoms with Crippen LogP contribution in [0.3, 0.4) is 0 Å². The zero-order chi connectivity index (χ0) is 18.1. The minimum absolute atomic E-state index is 0.0858. The molecule has 2 heterocycles. The van der Waals surface area contributed by atoms with Crippen LogP contribution >= 0.6 is 11.6 Å². The zero-order valence-corrected chi connectivity index (χ0v) is 14.6. The van der Waals surface area contributed by atoms with Crippen molar-refractivity contribution in [3.8, 4) is 5.75 Å². The van der Waals surface area contributed by atoms with Gasteiger partial charge in [-0.05, 0) is 23.8 Å². The molecule has 2 amide bonds. The summed E-state index contributed by atoms with van der Waals surface area (Å²) < 4.78 is 19.4. The summed E-state index contributed by atoms with van der Waals surface area (Å²) in [5.74, 6) is -0.358. The second-order valence-electron chi connectivity index (χ2n) is 6.31. The molecule has 0 aliphatic carbocycles. The number of carbonyl (C=O) groups is 1. The number of hydrazone groups is 1. The summed E-state index contributed by atoms with van der Waals surface area (Å²) in [6, 6.07) is 13.9. The van der Waals surface area contributed by atoms with E-state index in [4.69, 9.17) is 16.3 Å². The van der Waals surface area contributed by atoms with Crippen LogP contribution in [-0.4, -0.2) is 41.3 Å². The van der Waals surface area contributed by atoms with E-state index in [-0.39, 0.29) is 23.9 Å². The maximum Gasteiger partial charge on any atom is 0.341 e. The van der Waals surface area contributed by atoms with Gasteiger partial charge in [-0.1, -0.05) is 41.9 Å². The van der Waals surface area contributed by atoms with Crippen molar-refractivity contribution in [2.45, 2.75) is 18.6 Å². The lowest BCUT2D eigenvalue weighted by Crippen LogP contribution is -2.58. The summed E-state index contributed by atoms with van der Waals surface area (Å²) in [6.45, 7) is 0.795. The standard InChI is InChI=1S/C19H17ClFN3O2/c20-14-6-7-18(16(21)10-14)26-15-11-23(12-15)19(25)24-17(8-9-22-24)13-4-2-1-3-5-13/h1-7,9-10,15,17H,8,11-12H2. The highest BCUT2D eigenvalue weighted by Gasteiger charge is 2.39. The first-order chi connectivity index (χ1) is 12.6. The van der Waals surface area contributed by atoms with Gasteiger partial charge in [-0.15, -0.1) is 0 Å². The number of nitrogens with zero attached hydrogens (tertiary/aromatic N) is 3. The molecule has 0 radical (unpaired) electrons. The molecule has 0 aromatic heterocycles. The summed E-state index contributed by atoms with van der Waals surface area (Å²) in [6.07, 6.45) is 2.21. The Balaban J connectivity index is 1.36. The highest BCUT2D eigenvalue weighted by Crippen LogP contribution is 2.31. The lowest BCUT2D eigenvalue weighted by molar-refractivity contribution is 0.0257. The van der Waals surface area contributed by atoms with Crippen LogP contribution in [0.5, 0.6) is 5.75 Å². The van der Waals surface area contributed by atoms with Crippen LogP contribution in [0.4, 0.5) is 9.18 Å². The largest absolute Gasteiger partial charge is 0.484 e. The van der Waals surface area contributed by atoms with Gasteiger partial charge in [0.25, 0.3) is 0 Å². The van der Waals surface area contributed by atoms with Crippen molar-refractivity contribution in [3.05, 3.63) is 64.9 Å². The summed E-state index contributed by atoms with van der Waals surface area (Å²) in [4.78, 5) is 14.4. The molecule has 26 heavy (non-hydrogen) atoms. The Morgan fingerprint density at radius 1 is 1.19 bits per heavy atom. The van der Waals surface area contributed by atoms with E-state index in [0.29, 0.717) is 24.5 Å². The third-order valence-electron chi connectivity index (χ3n) is 4.52. The average molecular weight is 374 g/mol. The van der Waals surface area contributed by atoms with Gasteiger partial charge in [-0.2, -0.15) is 5.10 Å². The van der Waals surface area contributed by atoms with E-state index in [9.17, 15) is 9.18 Å². The molecule has 2 aliphatic heterocycles. The van der Waals surface area contributed by atoms with E-state index >= 15 is 0 Å². The summed E-state index contributed by atoms with van der Waals surface area (Å²) in [7, 11) is 0. The van der Waals surface area contributed by atoms with Gasteiger partial charge < -0.3 is 9.64 Å². The van der Waals surface area contributed by atoms with E-state index in [0.717, 1.165) is 5.56 Å². The minimum Gasteiger partial charge on any atom is -0.484 e. The Hall–Kier alpha value is -2.60. The zero-order valence-electron chi connectivity index (χ0n) is 13.9. The van der Waals surface area contributed by atoms with Crippen LogP contribution in [0.1, 0.15) is 18.0 Å². The van der Waals surface area contributed by atoms with Crippen LogP contribution in [0.25, 0.3) is 0 Å². The molecule has 1 unspecified atom stereocenters. The first-order valence-corrected chi connectivity index (χ1v) is 8.77. The van der Waals surface area contributed by atoms with Crippen molar-refractivity contribution in [1.29, 1.82) is 0 Å². The highest BCUT2D eigenvalue weighted by molar-refractivity contribution is 6.30. The SMILES string of the molecule is O=C(N1CC(Oc2ccc(Cl)cc2F)C1)N1N=CCC1c1ccccc1. The van der Waals surface area contributed by atoms with Crippen LogP contribution in [0, 0.1) is 5.82 Å². The Morgan fingerprint density at radius 2 is 1.96 bits per heavy atom. The van der Waals surface area contributed by atoms with Crippen LogP contribution in [-0.2, 0) is 0 Å². The van der Waals surface area contributed by atoms with Gasteiger partial charge in [0.15, 0.2) is 11.6 Å². The minimum atomic E-state index is -0.504. The van der Waals surface area contributed by atoms with Crippen molar-refractivity contribution < 1.29 is 13.9 Å². The molecular formula is C19H17ClFN3O2. The third-order valence-corrected chi connectivity index (χ3v) is 4.75. The van der Waals surface area contributed by atoms with E-state index in [1.54, 1.807) is 17.2 Å². The van der Waals surface area contributed by atoms with Crippen molar-refractivity contribution in [2.24, 2.45) is 5.10 Å². The van der Waals surface area contributed by atoms with Crippen molar-refractivity contribution in [3.63, 3.8) is 0 Å². The van der Waals surface area contributed by atoms with Gasteiger partial charge >= 0.3 is 6.03 Å². The summed E-state index contributed by atoms with van der Waals surface area (Å²) in [5.41, 5.74) is 1.05. The second-order valence-corrected chi connectivity index (χ2v) is 6.74. The molecule has 4 rings (SSSR count). The Morgan fingerprint density at radius 3 is 2.69 bits per heavy atom. The average Bonchev–Trinajstić information content (AvgIpc) is 3.09. The van der Waals surface area contributed by atoms with Gasteiger partial charge in [0.1, 0.15) is 6.10 Å². The lowest BCUT2D eigenvalue weighted by Gasteiger charge is -2.41. The van der Waals surface area contributed by atoms with E-state index in [2.05, 4.69) is 5.10 Å². The first-order valence-electron chi connectivity index (χ1n) is 8.39. The number of hydrogen-bond acceptors (Lipinski definition) is 3. The van der Waals surface area contributed by atoms with Gasteiger partial charge in [0, 0.05) is 17.7 Å². The number of halogens is 2. The lowest BCUT2D eigenvalue weighted by atomic mass is 10.0. The van der Waals surface area contributed by atoms with Crippen LogP contribution in [0.15, 0.2) is 53.6 Å². The Labute approximate surface area is 155 Å². The molecule has 5 nitrogen and oxygen atoms in total. The molecule has 0 N–H and O–H groups in total. The normalized spacial score (nSPS) is 19.5. The molecule has 0 spiro atoms. The number of benzene rings is 2. The van der Waals surface area contributed by atoms with E-state index in [1.165, 1.54) is 17.1 Å². The quantitative estimate of drug-likeness (QED) is 0.813. The second kappa shape index (κ2) is 6.96. The monoisotopic (exact) mass is 373 g/mol. The van der Waals surface area contributed by atoms with E-state index < -0.39 is 5.82 Å². The molecule has 0 saturated carbocycles. The summed E-state index contributed by atoms with van der Waals surface area (Å²) in [5, 5.41) is 6.06. The molecule has 2 aliphatic rings. The van der Waals surface area contributed by atoms with Gasteiger partial charge in [-0.3, -0.25) is 0 Å². The van der Waals surface area contributed by atoms with Crippen molar-refractivity contribution >= 4 is 23.8 Å². The predicted molar refractivity (Wildman–Crippen MR) is 96.9 cm³/mol. The fourth-order valence-electron chi connectivity index (χ4n) is 3.11. The maximum atomic E-state index is 13.8. The molecule has 7 heteroatoms. The number of urea groups is 1. The Bertz CT molecular complexity index is 840. The number of ether oxygens (including phenoxy) is 1. The fourth-order valence-corrected chi connectivity index (χ4v) is 3.27. The van der Waals surface area contributed by atoms with Crippen LogP contribution in [0.2, 0.25) is 5.02 Å². The smallest absolute Gasteiger partial charge is 0.341 e. The predicted octanol–water partition coefficient (Wildman–Crippen LogP) is 4.09. The van der Waals surface area contributed by atoms with Crippen molar-refractivity contribution in [1.82, 2.24) is 9.91 Å².